The first kappa shape index (κ1) is 10.3. The molecule has 70 valence electrons. The molecule has 0 aliphatic rings. The summed E-state index contributed by atoms with van der Waals surface area (Å²) >= 11 is 8.95. The molecule has 0 aliphatic carbocycles. The molecule has 4 nitrogen and oxygen atoms in total. The van der Waals surface area contributed by atoms with Gasteiger partial charge in [0, 0.05) is 4.47 Å². The Morgan fingerprint density at radius 3 is 2.62 bits per heavy atom. The molecule has 0 spiro atoms. The highest BCUT2D eigenvalue weighted by Crippen LogP contribution is 2.28. The summed E-state index contributed by atoms with van der Waals surface area (Å²) in [6, 6.07) is 3.03. The number of amides is 1. The number of nitrogen functional groups attached to an aromatic ring is 1. The van der Waals surface area contributed by atoms with Gasteiger partial charge in [-0.05, 0) is 28.1 Å². The standard InChI is InChI=1S/C7H7BrClN3O/c8-4-2-6(12-11)3(7(10)13)1-5(4)9/h1-2,12H,11H2,(H2,10,13). The number of anilines is 1. The van der Waals surface area contributed by atoms with Crippen LogP contribution in [0.3, 0.4) is 0 Å². The van der Waals surface area contributed by atoms with Crippen molar-refractivity contribution < 1.29 is 4.79 Å². The zero-order chi connectivity index (χ0) is 10.0. The Morgan fingerprint density at radius 2 is 2.15 bits per heavy atom. The van der Waals surface area contributed by atoms with Gasteiger partial charge in [-0.3, -0.25) is 10.6 Å². The Morgan fingerprint density at radius 1 is 1.54 bits per heavy atom. The van der Waals surface area contributed by atoms with Gasteiger partial charge in [-0.1, -0.05) is 11.6 Å². The Labute approximate surface area is 88.3 Å². The molecule has 0 fully saturated rings. The molecule has 0 aliphatic heterocycles. The largest absolute Gasteiger partial charge is 0.366 e. The molecule has 1 aromatic carbocycles. The molecule has 0 saturated carbocycles. The van der Waals surface area contributed by atoms with Crippen molar-refractivity contribution in [3.63, 3.8) is 0 Å². The van der Waals surface area contributed by atoms with Crippen LogP contribution in [0.5, 0.6) is 0 Å². The van der Waals surface area contributed by atoms with Gasteiger partial charge in [-0.25, -0.2) is 0 Å². The van der Waals surface area contributed by atoms with E-state index in [-0.39, 0.29) is 5.56 Å². The van der Waals surface area contributed by atoms with Gasteiger partial charge in [0.05, 0.1) is 16.3 Å². The summed E-state index contributed by atoms with van der Waals surface area (Å²) in [5.41, 5.74) is 8.15. The lowest BCUT2D eigenvalue weighted by atomic mass is 10.2. The predicted molar refractivity (Wildman–Crippen MR) is 55.5 cm³/mol. The lowest BCUT2D eigenvalue weighted by Crippen LogP contribution is -2.17. The van der Waals surface area contributed by atoms with E-state index >= 15 is 0 Å². The number of hydrazine groups is 1. The van der Waals surface area contributed by atoms with E-state index in [4.69, 9.17) is 23.2 Å². The Balaban J connectivity index is 3.33. The lowest BCUT2D eigenvalue weighted by Gasteiger charge is -2.07. The number of hydrogen-bond donors (Lipinski definition) is 3. The molecule has 0 heterocycles. The van der Waals surface area contributed by atoms with Crippen LogP contribution < -0.4 is 17.0 Å². The third-order valence-corrected chi connectivity index (χ3v) is 2.68. The van der Waals surface area contributed by atoms with Crippen LogP contribution in [0.1, 0.15) is 10.4 Å². The van der Waals surface area contributed by atoms with Crippen LogP contribution in [-0.2, 0) is 0 Å². The minimum Gasteiger partial charge on any atom is -0.366 e. The van der Waals surface area contributed by atoms with E-state index in [1.807, 2.05) is 0 Å². The van der Waals surface area contributed by atoms with E-state index < -0.39 is 5.91 Å². The minimum absolute atomic E-state index is 0.260. The number of halogens is 2. The fraction of sp³-hybridized carbons (Fsp3) is 0. The van der Waals surface area contributed by atoms with E-state index in [1.54, 1.807) is 6.07 Å². The molecule has 0 radical (unpaired) electrons. The lowest BCUT2D eigenvalue weighted by molar-refractivity contribution is 0.100. The maximum absolute atomic E-state index is 10.9. The van der Waals surface area contributed by atoms with Crippen LogP contribution in [0.2, 0.25) is 5.02 Å². The third kappa shape index (κ3) is 2.12. The van der Waals surface area contributed by atoms with Gasteiger partial charge in [0.1, 0.15) is 0 Å². The second-order valence-corrected chi connectivity index (χ2v) is 3.58. The quantitative estimate of drug-likeness (QED) is 0.559. The van der Waals surface area contributed by atoms with Gasteiger partial charge < -0.3 is 11.2 Å². The molecule has 0 saturated heterocycles. The van der Waals surface area contributed by atoms with Crippen LogP contribution in [0.15, 0.2) is 16.6 Å². The molecule has 0 aromatic heterocycles. The van der Waals surface area contributed by atoms with Gasteiger partial charge in [-0.15, -0.1) is 0 Å². The van der Waals surface area contributed by atoms with Crippen LogP contribution >= 0.6 is 27.5 Å². The zero-order valence-corrected chi connectivity index (χ0v) is 8.82. The first-order chi connectivity index (χ1) is 6.06. The van der Waals surface area contributed by atoms with Crippen molar-refractivity contribution in [1.29, 1.82) is 0 Å². The molecule has 0 atom stereocenters. The number of nitrogens with one attached hydrogen (secondary N) is 1. The monoisotopic (exact) mass is 263 g/mol. The van der Waals surface area contributed by atoms with E-state index in [2.05, 4.69) is 21.4 Å². The normalized spacial score (nSPS) is 9.77. The van der Waals surface area contributed by atoms with E-state index in [0.29, 0.717) is 15.2 Å². The number of primary amides is 1. The number of rotatable bonds is 2. The van der Waals surface area contributed by atoms with Crippen molar-refractivity contribution in [1.82, 2.24) is 0 Å². The van der Waals surface area contributed by atoms with E-state index in [1.165, 1.54) is 6.07 Å². The Hall–Kier alpha value is -0.780. The first-order valence-corrected chi connectivity index (χ1v) is 4.49. The van der Waals surface area contributed by atoms with Crippen LogP contribution in [-0.4, -0.2) is 5.91 Å². The number of carbonyl (C=O) groups is 1. The zero-order valence-electron chi connectivity index (χ0n) is 6.47. The van der Waals surface area contributed by atoms with Crippen LogP contribution in [0.25, 0.3) is 0 Å². The maximum atomic E-state index is 10.9. The second kappa shape index (κ2) is 3.95. The van der Waals surface area contributed by atoms with Gasteiger partial charge >= 0.3 is 0 Å². The highest BCUT2D eigenvalue weighted by atomic mass is 79.9. The molecular formula is C7H7BrClN3O. The van der Waals surface area contributed by atoms with Crippen molar-refractivity contribution in [2.45, 2.75) is 0 Å². The minimum atomic E-state index is -0.581. The van der Waals surface area contributed by atoms with Crippen molar-refractivity contribution >= 4 is 39.1 Å². The summed E-state index contributed by atoms with van der Waals surface area (Å²) in [5, 5.41) is 0.410. The summed E-state index contributed by atoms with van der Waals surface area (Å²) in [6.07, 6.45) is 0. The molecule has 0 bridgehead atoms. The van der Waals surface area contributed by atoms with Gasteiger partial charge in [-0.2, -0.15) is 0 Å². The summed E-state index contributed by atoms with van der Waals surface area (Å²) in [6.45, 7) is 0. The highest BCUT2D eigenvalue weighted by Gasteiger charge is 2.10. The molecule has 13 heavy (non-hydrogen) atoms. The molecule has 0 unspecified atom stereocenters. The molecular weight excluding hydrogens is 257 g/mol. The van der Waals surface area contributed by atoms with Crippen molar-refractivity contribution in [3.05, 3.63) is 27.2 Å². The number of carbonyl (C=O) groups excluding carboxylic acids is 1. The Bertz CT molecular complexity index is 356. The average molecular weight is 265 g/mol. The van der Waals surface area contributed by atoms with Crippen molar-refractivity contribution in [3.8, 4) is 0 Å². The van der Waals surface area contributed by atoms with E-state index in [0.717, 1.165) is 0 Å². The fourth-order valence-electron chi connectivity index (χ4n) is 0.870. The van der Waals surface area contributed by atoms with Crippen LogP contribution in [0.4, 0.5) is 5.69 Å². The summed E-state index contributed by atoms with van der Waals surface area (Å²) in [4.78, 5) is 10.9. The first-order valence-electron chi connectivity index (χ1n) is 3.31. The average Bonchev–Trinajstić information content (AvgIpc) is 2.08. The number of nitrogens with two attached hydrogens (primary N) is 2. The van der Waals surface area contributed by atoms with Crippen molar-refractivity contribution in [2.24, 2.45) is 11.6 Å². The fourth-order valence-corrected chi connectivity index (χ4v) is 1.38. The maximum Gasteiger partial charge on any atom is 0.250 e. The van der Waals surface area contributed by atoms with Gasteiger partial charge in [0.2, 0.25) is 0 Å². The van der Waals surface area contributed by atoms with E-state index in [9.17, 15) is 4.79 Å². The summed E-state index contributed by atoms with van der Waals surface area (Å²) < 4.78 is 0.645. The molecule has 1 rings (SSSR count). The SMILES string of the molecule is NNc1cc(Br)c(Cl)cc1C(N)=O. The number of hydrogen-bond acceptors (Lipinski definition) is 3. The molecule has 5 N–H and O–H groups in total. The topological polar surface area (TPSA) is 81.1 Å². The smallest absolute Gasteiger partial charge is 0.250 e. The number of benzene rings is 1. The second-order valence-electron chi connectivity index (χ2n) is 2.32. The molecule has 6 heteroatoms. The predicted octanol–water partition coefficient (Wildman–Crippen LogP) is 1.49. The van der Waals surface area contributed by atoms with Crippen molar-refractivity contribution in [2.75, 3.05) is 5.43 Å². The van der Waals surface area contributed by atoms with Gasteiger partial charge in [0.15, 0.2) is 0 Å². The summed E-state index contributed by atoms with van der Waals surface area (Å²) in [5.74, 6) is 4.60. The Kier molecular flexibility index (Phi) is 3.13. The molecule has 1 aromatic rings. The summed E-state index contributed by atoms with van der Waals surface area (Å²) in [7, 11) is 0. The van der Waals surface area contributed by atoms with Gasteiger partial charge in [0.25, 0.3) is 5.91 Å². The molecule has 1 amide bonds. The highest BCUT2D eigenvalue weighted by molar-refractivity contribution is 9.10. The third-order valence-electron chi connectivity index (χ3n) is 1.48. The van der Waals surface area contributed by atoms with Crippen LogP contribution in [0, 0.1) is 0 Å².